The average Bonchev–Trinajstić information content (AvgIpc) is 2.27. The Morgan fingerprint density at radius 1 is 1.62 bits per heavy atom. The van der Waals surface area contributed by atoms with Crippen molar-refractivity contribution in [3.8, 4) is 0 Å². The first-order valence-electron chi connectivity index (χ1n) is 5.22. The van der Waals surface area contributed by atoms with Gasteiger partial charge in [0.2, 0.25) is 0 Å². The normalized spacial score (nSPS) is 14.6. The van der Waals surface area contributed by atoms with E-state index >= 15 is 0 Å². The molecule has 0 saturated carbocycles. The summed E-state index contributed by atoms with van der Waals surface area (Å²) in [6.07, 6.45) is 1.43. The fraction of sp³-hybridized carbons (Fsp3) is 0.800. The summed E-state index contributed by atoms with van der Waals surface area (Å²) >= 11 is 0. The second-order valence-electron chi connectivity index (χ2n) is 4.05. The van der Waals surface area contributed by atoms with Gasteiger partial charge in [-0.25, -0.2) is 0 Å². The third kappa shape index (κ3) is 4.06. The van der Waals surface area contributed by atoms with Gasteiger partial charge in [-0.2, -0.15) is 0 Å². The third-order valence-electron chi connectivity index (χ3n) is 2.41. The first kappa shape index (κ1) is 14.7. The van der Waals surface area contributed by atoms with E-state index in [1.807, 2.05) is 6.92 Å². The highest BCUT2D eigenvalue weighted by Crippen LogP contribution is 2.08. The molecular formula is C10H21N3O3. The highest BCUT2D eigenvalue weighted by atomic mass is 16.5. The SMILES string of the molecule is CCCC(NC(=O)C(C)(C)OC)C(N)=NO. The molecule has 0 heterocycles. The summed E-state index contributed by atoms with van der Waals surface area (Å²) in [6.45, 7) is 5.25. The van der Waals surface area contributed by atoms with Crippen LogP contribution in [0.5, 0.6) is 0 Å². The van der Waals surface area contributed by atoms with Crippen LogP contribution in [-0.2, 0) is 9.53 Å². The predicted octanol–water partition coefficient (Wildman–Crippen LogP) is 0.443. The molecule has 1 atom stereocenters. The van der Waals surface area contributed by atoms with Crippen LogP contribution in [0.2, 0.25) is 0 Å². The maximum Gasteiger partial charge on any atom is 0.252 e. The zero-order chi connectivity index (χ0) is 12.8. The quantitative estimate of drug-likeness (QED) is 0.267. The molecule has 0 aliphatic heterocycles. The number of amidine groups is 1. The number of hydrogen-bond donors (Lipinski definition) is 3. The summed E-state index contributed by atoms with van der Waals surface area (Å²) in [7, 11) is 1.46. The van der Waals surface area contributed by atoms with Gasteiger partial charge in [0.25, 0.3) is 5.91 Å². The molecule has 0 aromatic heterocycles. The van der Waals surface area contributed by atoms with Crippen LogP contribution in [0.1, 0.15) is 33.6 Å². The second kappa shape index (κ2) is 6.32. The fourth-order valence-electron chi connectivity index (χ4n) is 1.08. The lowest BCUT2D eigenvalue weighted by Crippen LogP contribution is -2.52. The molecule has 94 valence electrons. The number of carbonyl (C=O) groups excluding carboxylic acids is 1. The Kier molecular flexibility index (Phi) is 5.81. The summed E-state index contributed by atoms with van der Waals surface area (Å²) in [5, 5.41) is 14.2. The summed E-state index contributed by atoms with van der Waals surface area (Å²) in [6, 6.07) is -0.461. The molecule has 0 radical (unpaired) electrons. The number of amides is 1. The molecule has 0 aromatic carbocycles. The monoisotopic (exact) mass is 231 g/mol. The molecule has 0 aliphatic carbocycles. The Hall–Kier alpha value is -1.30. The van der Waals surface area contributed by atoms with Crippen molar-refractivity contribution >= 4 is 11.7 Å². The van der Waals surface area contributed by atoms with Crippen LogP contribution in [0, 0.1) is 0 Å². The molecule has 6 nitrogen and oxygen atoms in total. The maximum absolute atomic E-state index is 11.8. The van der Waals surface area contributed by atoms with Crippen molar-refractivity contribution in [3.63, 3.8) is 0 Å². The van der Waals surface area contributed by atoms with Crippen molar-refractivity contribution in [3.05, 3.63) is 0 Å². The van der Waals surface area contributed by atoms with E-state index in [0.29, 0.717) is 6.42 Å². The minimum atomic E-state index is -0.929. The standard InChI is InChI=1S/C10H21N3O3/c1-5-6-7(8(11)13-15)12-9(14)10(2,3)16-4/h7,15H,5-6H2,1-4H3,(H2,11,13)(H,12,14). The van der Waals surface area contributed by atoms with Gasteiger partial charge >= 0.3 is 0 Å². The molecule has 1 unspecified atom stereocenters. The van der Waals surface area contributed by atoms with E-state index in [9.17, 15) is 4.79 Å². The first-order chi connectivity index (χ1) is 7.38. The maximum atomic E-state index is 11.8. The fourth-order valence-corrected chi connectivity index (χ4v) is 1.08. The lowest BCUT2D eigenvalue weighted by molar-refractivity contribution is -0.139. The number of carbonyl (C=O) groups is 1. The number of nitrogens with zero attached hydrogens (tertiary/aromatic N) is 1. The van der Waals surface area contributed by atoms with Crippen molar-refractivity contribution in [1.29, 1.82) is 0 Å². The van der Waals surface area contributed by atoms with E-state index in [1.54, 1.807) is 13.8 Å². The van der Waals surface area contributed by atoms with Gasteiger partial charge in [-0.15, -0.1) is 0 Å². The lowest BCUT2D eigenvalue weighted by Gasteiger charge is -2.25. The number of oxime groups is 1. The Balaban J connectivity index is 4.58. The molecule has 0 bridgehead atoms. The molecule has 0 saturated heterocycles. The van der Waals surface area contributed by atoms with Gasteiger partial charge in [-0.05, 0) is 20.3 Å². The summed E-state index contributed by atoms with van der Waals surface area (Å²) in [5.74, 6) is -0.290. The molecular weight excluding hydrogens is 210 g/mol. The smallest absolute Gasteiger partial charge is 0.252 e. The van der Waals surface area contributed by atoms with Gasteiger partial charge in [-0.3, -0.25) is 4.79 Å². The zero-order valence-corrected chi connectivity index (χ0v) is 10.3. The van der Waals surface area contributed by atoms with Crippen LogP contribution in [0.25, 0.3) is 0 Å². The van der Waals surface area contributed by atoms with Gasteiger partial charge in [0, 0.05) is 7.11 Å². The third-order valence-corrected chi connectivity index (χ3v) is 2.41. The molecule has 6 heteroatoms. The average molecular weight is 231 g/mol. The number of methoxy groups -OCH3 is 1. The van der Waals surface area contributed by atoms with Crippen LogP contribution < -0.4 is 11.1 Å². The summed E-state index contributed by atoms with van der Waals surface area (Å²) in [5.41, 5.74) is 4.55. The van der Waals surface area contributed by atoms with E-state index in [0.717, 1.165) is 6.42 Å². The number of rotatable bonds is 6. The Morgan fingerprint density at radius 2 is 2.19 bits per heavy atom. The number of ether oxygens (including phenoxy) is 1. The van der Waals surface area contributed by atoms with E-state index in [4.69, 9.17) is 15.7 Å². The van der Waals surface area contributed by atoms with Crippen molar-refractivity contribution in [2.45, 2.75) is 45.3 Å². The topological polar surface area (TPSA) is 96.9 Å². The van der Waals surface area contributed by atoms with Gasteiger partial charge in [0.05, 0.1) is 6.04 Å². The van der Waals surface area contributed by atoms with Crippen molar-refractivity contribution in [1.82, 2.24) is 5.32 Å². The first-order valence-corrected chi connectivity index (χ1v) is 5.22. The minimum Gasteiger partial charge on any atom is -0.409 e. The minimum absolute atomic E-state index is 0.00195. The highest BCUT2D eigenvalue weighted by Gasteiger charge is 2.29. The number of hydrogen-bond acceptors (Lipinski definition) is 4. The molecule has 0 spiro atoms. The second-order valence-corrected chi connectivity index (χ2v) is 4.05. The molecule has 0 fully saturated rings. The Labute approximate surface area is 95.8 Å². The zero-order valence-electron chi connectivity index (χ0n) is 10.3. The largest absolute Gasteiger partial charge is 0.409 e. The highest BCUT2D eigenvalue weighted by molar-refractivity contribution is 5.92. The molecule has 4 N–H and O–H groups in total. The van der Waals surface area contributed by atoms with E-state index < -0.39 is 11.6 Å². The molecule has 16 heavy (non-hydrogen) atoms. The Morgan fingerprint density at radius 3 is 2.56 bits per heavy atom. The van der Waals surface area contributed by atoms with Crippen molar-refractivity contribution in [2.24, 2.45) is 10.9 Å². The van der Waals surface area contributed by atoms with Gasteiger partial charge in [-0.1, -0.05) is 18.5 Å². The predicted molar refractivity (Wildman–Crippen MR) is 61.3 cm³/mol. The summed E-state index contributed by atoms with van der Waals surface area (Å²) in [4.78, 5) is 11.8. The molecule has 0 aliphatic rings. The molecule has 1 amide bonds. The van der Waals surface area contributed by atoms with Crippen LogP contribution >= 0.6 is 0 Å². The number of nitrogens with one attached hydrogen (secondary N) is 1. The molecule has 0 rings (SSSR count). The van der Waals surface area contributed by atoms with Crippen LogP contribution in [0.3, 0.4) is 0 Å². The summed E-state index contributed by atoms with van der Waals surface area (Å²) < 4.78 is 5.04. The van der Waals surface area contributed by atoms with Crippen LogP contribution in [-0.4, -0.2) is 35.7 Å². The van der Waals surface area contributed by atoms with E-state index in [1.165, 1.54) is 7.11 Å². The van der Waals surface area contributed by atoms with Crippen molar-refractivity contribution in [2.75, 3.05) is 7.11 Å². The van der Waals surface area contributed by atoms with Crippen LogP contribution in [0.15, 0.2) is 5.16 Å². The van der Waals surface area contributed by atoms with E-state index in [2.05, 4.69) is 10.5 Å². The van der Waals surface area contributed by atoms with Crippen molar-refractivity contribution < 1.29 is 14.7 Å². The number of nitrogens with two attached hydrogens (primary N) is 1. The van der Waals surface area contributed by atoms with Crippen LogP contribution in [0.4, 0.5) is 0 Å². The molecule has 0 aromatic rings. The van der Waals surface area contributed by atoms with Gasteiger partial charge < -0.3 is 21.0 Å². The lowest BCUT2D eigenvalue weighted by atomic mass is 10.1. The van der Waals surface area contributed by atoms with Gasteiger partial charge in [0.15, 0.2) is 5.84 Å². The van der Waals surface area contributed by atoms with Gasteiger partial charge in [0.1, 0.15) is 5.60 Å². The Bertz CT molecular complexity index is 264. The van der Waals surface area contributed by atoms with E-state index in [-0.39, 0.29) is 11.7 Å².